The maximum Gasteiger partial charge on any atom is 0.242 e. The summed E-state index contributed by atoms with van der Waals surface area (Å²) in [6.45, 7) is 9.71. The fourth-order valence-electron chi connectivity index (χ4n) is 0.567. The largest absolute Gasteiger partial charge is 0.242 e. The lowest BCUT2D eigenvalue weighted by molar-refractivity contribution is 0.0437. The molecule has 0 N–H and O–H groups in total. The summed E-state index contributed by atoms with van der Waals surface area (Å²) >= 11 is 3.36. The SMILES string of the molecule is BrCc1ccccc1.CC.CC.CC(C)(F)F. The Morgan fingerprint density at radius 1 is 0.941 bits per heavy atom. The molecule has 0 fully saturated rings. The van der Waals surface area contributed by atoms with E-state index in [9.17, 15) is 8.78 Å². The number of rotatable bonds is 1. The number of halogens is 3. The van der Waals surface area contributed by atoms with E-state index in [2.05, 4.69) is 28.1 Å². The van der Waals surface area contributed by atoms with Crippen molar-refractivity contribution in [2.45, 2.75) is 52.8 Å². The highest BCUT2D eigenvalue weighted by molar-refractivity contribution is 9.08. The minimum atomic E-state index is -2.50. The molecule has 0 saturated heterocycles. The van der Waals surface area contributed by atoms with Gasteiger partial charge in [0.05, 0.1) is 0 Å². The van der Waals surface area contributed by atoms with Crippen LogP contribution >= 0.6 is 15.9 Å². The molecule has 1 aromatic carbocycles. The van der Waals surface area contributed by atoms with Gasteiger partial charge in [0.15, 0.2) is 0 Å². The van der Waals surface area contributed by atoms with Crippen molar-refractivity contribution in [3.63, 3.8) is 0 Å². The third kappa shape index (κ3) is 31.3. The molecule has 0 aliphatic carbocycles. The van der Waals surface area contributed by atoms with E-state index in [0.29, 0.717) is 0 Å². The first-order valence-electron chi connectivity index (χ1n) is 5.91. The quantitative estimate of drug-likeness (QED) is 0.534. The zero-order chi connectivity index (χ0) is 14.3. The van der Waals surface area contributed by atoms with Gasteiger partial charge < -0.3 is 0 Å². The molecule has 17 heavy (non-hydrogen) atoms. The van der Waals surface area contributed by atoms with Crippen LogP contribution in [0.1, 0.15) is 47.1 Å². The molecule has 3 heteroatoms. The summed E-state index contributed by atoms with van der Waals surface area (Å²) in [6.07, 6.45) is 0. The van der Waals surface area contributed by atoms with Gasteiger partial charge in [-0.3, -0.25) is 0 Å². The predicted octanol–water partition coefficient (Wildman–Crippen LogP) is 6.30. The van der Waals surface area contributed by atoms with Crippen LogP contribution in [0.3, 0.4) is 0 Å². The van der Waals surface area contributed by atoms with E-state index in [1.165, 1.54) is 5.56 Å². The minimum absolute atomic E-state index is 0.854. The van der Waals surface area contributed by atoms with Crippen LogP contribution in [0.4, 0.5) is 8.78 Å². The van der Waals surface area contributed by atoms with Crippen LogP contribution in [0.15, 0.2) is 30.3 Å². The lowest BCUT2D eigenvalue weighted by atomic mass is 10.2. The molecule has 0 amide bonds. The summed E-state index contributed by atoms with van der Waals surface area (Å²) in [5.74, 6) is -2.50. The summed E-state index contributed by atoms with van der Waals surface area (Å²) in [7, 11) is 0. The van der Waals surface area contributed by atoms with Gasteiger partial charge in [-0.1, -0.05) is 74.0 Å². The van der Waals surface area contributed by atoms with E-state index in [1.54, 1.807) is 0 Å². The lowest BCUT2D eigenvalue weighted by Crippen LogP contribution is -1.98. The monoisotopic (exact) mass is 310 g/mol. The van der Waals surface area contributed by atoms with Crippen LogP contribution < -0.4 is 0 Å². The maximum absolute atomic E-state index is 11.0. The summed E-state index contributed by atoms with van der Waals surface area (Å²) in [5, 5.41) is 0.952. The predicted molar refractivity (Wildman–Crippen MR) is 78.1 cm³/mol. The molecule has 0 atom stereocenters. The van der Waals surface area contributed by atoms with Crippen molar-refractivity contribution in [1.82, 2.24) is 0 Å². The van der Waals surface area contributed by atoms with Crippen LogP contribution in [-0.2, 0) is 5.33 Å². The van der Waals surface area contributed by atoms with Crippen LogP contribution in [0, 0.1) is 0 Å². The normalized spacial score (nSPS) is 8.53. The molecule has 0 aromatic heterocycles. The molecule has 1 aromatic rings. The van der Waals surface area contributed by atoms with Gasteiger partial charge in [-0.2, -0.15) is 0 Å². The highest BCUT2D eigenvalue weighted by Crippen LogP contribution is 2.06. The highest BCUT2D eigenvalue weighted by atomic mass is 79.9. The molecule has 0 heterocycles. The van der Waals surface area contributed by atoms with Gasteiger partial charge in [-0.15, -0.1) is 0 Å². The van der Waals surface area contributed by atoms with Crippen molar-refractivity contribution < 1.29 is 8.78 Å². The molecule has 0 bridgehead atoms. The molecule has 0 unspecified atom stereocenters. The van der Waals surface area contributed by atoms with Crippen LogP contribution in [0.25, 0.3) is 0 Å². The first-order valence-corrected chi connectivity index (χ1v) is 7.03. The van der Waals surface area contributed by atoms with Gasteiger partial charge in [0.25, 0.3) is 0 Å². The molecule has 0 aliphatic rings. The molecular formula is C14H25BrF2. The van der Waals surface area contributed by atoms with Crippen molar-refractivity contribution in [3.05, 3.63) is 35.9 Å². The van der Waals surface area contributed by atoms with Crippen LogP contribution in [-0.4, -0.2) is 5.92 Å². The Hall–Kier alpha value is -0.440. The Morgan fingerprint density at radius 2 is 1.24 bits per heavy atom. The topological polar surface area (TPSA) is 0 Å². The second kappa shape index (κ2) is 15.6. The molecule has 102 valence electrons. The average molecular weight is 311 g/mol. The Labute approximate surface area is 114 Å². The van der Waals surface area contributed by atoms with Crippen molar-refractivity contribution >= 4 is 15.9 Å². The standard InChI is InChI=1S/C7H7Br.C3H6F2.2C2H6/c8-6-7-4-2-1-3-5-7;1-3(2,4)5;2*1-2/h1-5H,6H2;1-2H3;2*1-2H3. The zero-order valence-corrected chi connectivity index (χ0v) is 13.3. The first kappa shape index (κ1) is 21.8. The van der Waals surface area contributed by atoms with Crippen molar-refractivity contribution in [1.29, 1.82) is 0 Å². The third-order valence-corrected chi connectivity index (χ3v) is 1.64. The van der Waals surface area contributed by atoms with E-state index in [-0.39, 0.29) is 0 Å². The van der Waals surface area contributed by atoms with Crippen LogP contribution in [0.2, 0.25) is 0 Å². The fourth-order valence-corrected chi connectivity index (χ4v) is 0.941. The van der Waals surface area contributed by atoms with E-state index < -0.39 is 5.92 Å². The first-order chi connectivity index (χ1) is 7.93. The lowest BCUT2D eigenvalue weighted by Gasteiger charge is -1.94. The summed E-state index contributed by atoms with van der Waals surface area (Å²) < 4.78 is 22.0. The number of hydrogen-bond donors (Lipinski definition) is 0. The Balaban J connectivity index is -0.000000190. The Kier molecular flexibility index (Phi) is 20.0. The molecular weight excluding hydrogens is 286 g/mol. The molecule has 0 spiro atoms. The second-order valence-electron chi connectivity index (χ2n) is 2.95. The number of alkyl halides is 3. The van der Waals surface area contributed by atoms with Crippen molar-refractivity contribution in [2.24, 2.45) is 0 Å². The summed E-state index contributed by atoms with van der Waals surface area (Å²) in [5.41, 5.74) is 1.33. The van der Waals surface area contributed by atoms with Gasteiger partial charge in [0.2, 0.25) is 5.92 Å². The van der Waals surface area contributed by atoms with Gasteiger partial charge in [0.1, 0.15) is 0 Å². The van der Waals surface area contributed by atoms with Gasteiger partial charge in [-0.05, 0) is 19.4 Å². The van der Waals surface area contributed by atoms with E-state index in [4.69, 9.17) is 0 Å². The summed E-state index contributed by atoms with van der Waals surface area (Å²) in [4.78, 5) is 0. The Bertz CT molecular complexity index is 211. The fraction of sp³-hybridized carbons (Fsp3) is 0.571. The third-order valence-electron chi connectivity index (χ3n) is 0.997. The molecule has 0 aliphatic heterocycles. The van der Waals surface area contributed by atoms with Gasteiger partial charge >= 0.3 is 0 Å². The summed E-state index contributed by atoms with van der Waals surface area (Å²) in [6, 6.07) is 10.3. The van der Waals surface area contributed by atoms with Gasteiger partial charge in [-0.25, -0.2) is 8.78 Å². The van der Waals surface area contributed by atoms with Crippen molar-refractivity contribution in [3.8, 4) is 0 Å². The van der Waals surface area contributed by atoms with E-state index >= 15 is 0 Å². The smallest absolute Gasteiger partial charge is 0.208 e. The minimum Gasteiger partial charge on any atom is -0.208 e. The highest BCUT2D eigenvalue weighted by Gasteiger charge is 2.08. The zero-order valence-electron chi connectivity index (χ0n) is 11.7. The molecule has 0 saturated carbocycles. The number of hydrogen-bond acceptors (Lipinski definition) is 0. The average Bonchev–Trinajstić information content (AvgIpc) is 2.33. The van der Waals surface area contributed by atoms with E-state index in [1.807, 2.05) is 45.9 Å². The van der Waals surface area contributed by atoms with Crippen molar-refractivity contribution in [2.75, 3.05) is 0 Å². The molecule has 0 nitrogen and oxygen atoms in total. The van der Waals surface area contributed by atoms with Crippen LogP contribution in [0.5, 0.6) is 0 Å². The molecule has 1 rings (SSSR count). The number of benzene rings is 1. The second-order valence-corrected chi connectivity index (χ2v) is 3.51. The van der Waals surface area contributed by atoms with Gasteiger partial charge in [0, 0.05) is 5.33 Å². The van der Waals surface area contributed by atoms with E-state index in [0.717, 1.165) is 19.2 Å². The Morgan fingerprint density at radius 3 is 1.41 bits per heavy atom. The molecule has 0 radical (unpaired) electrons. The maximum atomic E-state index is 11.0.